The van der Waals surface area contributed by atoms with Crippen molar-refractivity contribution in [3.05, 3.63) is 0 Å². The zero-order chi connectivity index (χ0) is 14.5. The summed E-state index contributed by atoms with van der Waals surface area (Å²) >= 11 is 8.55. The van der Waals surface area contributed by atoms with Gasteiger partial charge in [-0.25, -0.2) is 0 Å². The molecule has 0 fully saturated rings. The molecule has 0 aromatic heterocycles. The van der Waals surface area contributed by atoms with Crippen molar-refractivity contribution < 1.29 is 9.59 Å². The monoisotopic (exact) mass is 292 g/mol. The van der Waals surface area contributed by atoms with Crippen LogP contribution in [-0.2, 0) is 9.59 Å². The van der Waals surface area contributed by atoms with E-state index < -0.39 is 0 Å². The second kappa shape index (κ2) is 7.94. The molecule has 4 nitrogen and oxygen atoms in total. The molecule has 0 saturated carbocycles. The van der Waals surface area contributed by atoms with Crippen LogP contribution in [-0.4, -0.2) is 59.3 Å². The molecule has 106 valence electrons. The first kappa shape index (κ1) is 17.6. The van der Waals surface area contributed by atoms with Crippen LogP contribution in [0.5, 0.6) is 0 Å². The molecule has 0 radical (unpaired) electrons. The SMILES string of the molecule is CC(C)N(C)C(=O)C(S)CCC(S)C(=O)N(C)C. The van der Waals surface area contributed by atoms with Gasteiger partial charge in [0.05, 0.1) is 10.5 Å². The quantitative estimate of drug-likeness (QED) is 0.725. The van der Waals surface area contributed by atoms with Crippen LogP contribution in [0.1, 0.15) is 26.7 Å². The maximum Gasteiger partial charge on any atom is 0.235 e. The molecule has 0 saturated heterocycles. The Morgan fingerprint density at radius 2 is 1.33 bits per heavy atom. The Morgan fingerprint density at radius 3 is 1.67 bits per heavy atom. The number of nitrogens with zero attached hydrogens (tertiary/aromatic N) is 2. The highest BCUT2D eigenvalue weighted by Gasteiger charge is 2.23. The first-order valence-corrected chi connectivity index (χ1v) is 7.05. The number of thiol groups is 2. The normalized spacial score (nSPS) is 14.2. The Bertz CT molecular complexity index is 296. The number of hydrogen-bond donors (Lipinski definition) is 2. The molecule has 0 aromatic rings. The molecule has 2 unspecified atom stereocenters. The second-order valence-corrected chi connectivity index (χ2v) is 6.13. The molecule has 0 rings (SSSR count). The maximum absolute atomic E-state index is 11.9. The van der Waals surface area contributed by atoms with Crippen LogP contribution < -0.4 is 0 Å². The highest BCUT2D eigenvalue weighted by Crippen LogP contribution is 2.15. The Labute approximate surface area is 121 Å². The Morgan fingerprint density at radius 1 is 0.944 bits per heavy atom. The van der Waals surface area contributed by atoms with E-state index >= 15 is 0 Å². The summed E-state index contributed by atoms with van der Waals surface area (Å²) in [7, 11) is 5.15. The van der Waals surface area contributed by atoms with Gasteiger partial charge in [0.15, 0.2) is 0 Å². The Hall–Kier alpha value is -0.360. The van der Waals surface area contributed by atoms with Gasteiger partial charge in [0.25, 0.3) is 0 Å². The summed E-state index contributed by atoms with van der Waals surface area (Å²) in [5, 5.41) is -0.742. The Balaban J connectivity index is 4.22. The zero-order valence-corrected chi connectivity index (χ0v) is 13.5. The van der Waals surface area contributed by atoms with Crippen LogP contribution in [0.3, 0.4) is 0 Å². The van der Waals surface area contributed by atoms with Crippen molar-refractivity contribution in [2.75, 3.05) is 21.1 Å². The van der Waals surface area contributed by atoms with E-state index in [-0.39, 0.29) is 28.4 Å². The molecule has 0 heterocycles. The average molecular weight is 292 g/mol. The van der Waals surface area contributed by atoms with Crippen LogP contribution >= 0.6 is 25.3 Å². The minimum Gasteiger partial charge on any atom is -0.348 e. The number of amides is 2. The fourth-order valence-electron chi connectivity index (χ4n) is 1.35. The van der Waals surface area contributed by atoms with E-state index in [2.05, 4.69) is 25.3 Å². The number of carbonyl (C=O) groups is 2. The van der Waals surface area contributed by atoms with Crippen molar-refractivity contribution in [1.29, 1.82) is 0 Å². The van der Waals surface area contributed by atoms with Gasteiger partial charge in [-0.1, -0.05) is 0 Å². The van der Waals surface area contributed by atoms with Gasteiger partial charge in [-0.15, -0.1) is 0 Å². The van der Waals surface area contributed by atoms with Crippen LogP contribution in [0, 0.1) is 0 Å². The van der Waals surface area contributed by atoms with Gasteiger partial charge in [-0.3, -0.25) is 9.59 Å². The van der Waals surface area contributed by atoms with Crippen molar-refractivity contribution in [3.8, 4) is 0 Å². The Kier molecular flexibility index (Phi) is 7.78. The molecular weight excluding hydrogens is 268 g/mol. The third-order valence-electron chi connectivity index (χ3n) is 2.85. The summed E-state index contributed by atoms with van der Waals surface area (Å²) in [6.45, 7) is 3.91. The van der Waals surface area contributed by atoms with E-state index in [0.29, 0.717) is 12.8 Å². The van der Waals surface area contributed by atoms with Crippen molar-refractivity contribution >= 4 is 37.1 Å². The van der Waals surface area contributed by atoms with Crippen molar-refractivity contribution in [3.63, 3.8) is 0 Å². The van der Waals surface area contributed by atoms with Gasteiger partial charge in [0.2, 0.25) is 11.8 Å². The lowest BCUT2D eigenvalue weighted by Crippen LogP contribution is -2.39. The standard InChI is InChI=1S/C12H24N2O2S2/c1-8(2)14(5)12(16)10(18)7-6-9(17)11(15)13(3)4/h8-10,17-18H,6-7H2,1-5H3. The summed E-state index contributed by atoms with van der Waals surface area (Å²) < 4.78 is 0. The molecule has 18 heavy (non-hydrogen) atoms. The first-order valence-electron chi connectivity index (χ1n) is 6.02. The zero-order valence-electron chi connectivity index (χ0n) is 11.8. The number of carbonyl (C=O) groups excluding carboxylic acids is 2. The first-order chi connectivity index (χ1) is 8.18. The summed E-state index contributed by atoms with van der Waals surface area (Å²) in [5.74, 6) is -0.0466. The molecule has 0 bridgehead atoms. The number of hydrogen-bond acceptors (Lipinski definition) is 4. The summed E-state index contributed by atoms with van der Waals surface area (Å²) in [5.41, 5.74) is 0. The predicted octanol–water partition coefficient (Wildman–Crippen LogP) is 1.32. The van der Waals surface area contributed by atoms with Gasteiger partial charge in [-0.2, -0.15) is 25.3 Å². The van der Waals surface area contributed by atoms with E-state index in [0.717, 1.165) is 0 Å². The van der Waals surface area contributed by atoms with E-state index in [4.69, 9.17) is 0 Å². The predicted molar refractivity (Wildman–Crippen MR) is 81.4 cm³/mol. The van der Waals surface area contributed by atoms with E-state index in [1.807, 2.05) is 13.8 Å². The lowest BCUT2D eigenvalue weighted by Gasteiger charge is -2.25. The summed E-state index contributed by atoms with van der Waals surface area (Å²) in [4.78, 5) is 26.7. The highest BCUT2D eigenvalue weighted by atomic mass is 32.1. The van der Waals surface area contributed by atoms with Gasteiger partial charge in [0, 0.05) is 27.2 Å². The summed E-state index contributed by atoms with van der Waals surface area (Å²) in [6, 6.07) is 0.155. The van der Waals surface area contributed by atoms with Gasteiger partial charge >= 0.3 is 0 Å². The van der Waals surface area contributed by atoms with Crippen LogP contribution in [0.4, 0.5) is 0 Å². The minimum atomic E-state index is -0.373. The maximum atomic E-state index is 11.9. The van der Waals surface area contributed by atoms with Gasteiger partial charge in [-0.05, 0) is 26.7 Å². The van der Waals surface area contributed by atoms with Crippen LogP contribution in [0.25, 0.3) is 0 Å². The second-order valence-electron chi connectivity index (χ2n) is 4.88. The van der Waals surface area contributed by atoms with Gasteiger partial charge in [0.1, 0.15) is 0 Å². The smallest absolute Gasteiger partial charge is 0.235 e. The molecule has 0 aliphatic heterocycles. The van der Waals surface area contributed by atoms with Crippen molar-refractivity contribution in [1.82, 2.24) is 9.80 Å². The lowest BCUT2D eigenvalue weighted by atomic mass is 10.1. The van der Waals surface area contributed by atoms with Crippen LogP contribution in [0.15, 0.2) is 0 Å². The lowest BCUT2D eigenvalue weighted by molar-refractivity contribution is -0.131. The van der Waals surface area contributed by atoms with Crippen molar-refractivity contribution in [2.24, 2.45) is 0 Å². The number of rotatable bonds is 6. The fraction of sp³-hybridized carbons (Fsp3) is 0.833. The third kappa shape index (κ3) is 5.52. The molecule has 0 N–H and O–H groups in total. The highest BCUT2D eigenvalue weighted by molar-refractivity contribution is 7.82. The molecule has 0 aliphatic rings. The molecule has 0 spiro atoms. The van der Waals surface area contributed by atoms with E-state index in [1.165, 1.54) is 4.90 Å². The van der Waals surface area contributed by atoms with Gasteiger partial charge < -0.3 is 9.80 Å². The molecule has 6 heteroatoms. The topological polar surface area (TPSA) is 40.6 Å². The average Bonchev–Trinajstić information content (AvgIpc) is 2.32. The van der Waals surface area contributed by atoms with Crippen LogP contribution in [0.2, 0.25) is 0 Å². The minimum absolute atomic E-state index is 0.00818. The fourth-order valence-corrected chi connectivity index (χ4v) is 2.06. The van der Waals surface area contributed by atoms with Crippen molar-refractivity contribution in [2.45, 2.75) is 43.2 Å². The van der Waals surface area contributed by atoms with E-state index in [9.17, 15) is 9.59 Å². The third-order valence-corrected chi connectivity index (χ3v) is 3.80. The summed E-state index contributed by atoms with van der Waals surface area (Å²) in [6.07, 6.45) is 1.10. The molecule has 2 atom stereocenters. The molecule has 0 aromatic carbocycles. The molecular formula is C12H24N2O2S2. The molecule has 0 aliphatic carbocycles. The van der Waals surface area contributed by atoms with E-state index in [1.54, 1.807) is 26.0 Å². The molecule has 2 amide bonds. The largest absolute Gasteiger partial charge is 0.348 e.